The van der Waals surface area contributed by atoms with E-state index in [1.165, 1.54) is 43.2 Å². The Morgan fingerprint density at radius 3 is 2.50 bits per heavy atom. The minimum absolute atomic E-state index is 0.448. The Bertz CT molecular complexity index is 352. The number of nitrogens with two attached hydrogens (primary N) is 2. The molecule has 4 N–H and O–H groups in total. The molecule has 0 bridgehead atoms. The van der Waals surface area contributed by atoms with Crippen LogP contribution >= 0.6 is 0 Å². The Morgan fingerprint density at radius 2 is 1.88 bits per heavy atom. The molecule has 2 heteroatoms. The lowest BCUT2D eigenvalue weighted by Gasteiger charge is -2.26. The van der Waals surface area contributed by atoms with Crippen LogP contribution in [0.4, 0.5) is 5.69 Å². The van der Waals surface area contributed by atoms with E-state index in [9.17, 15) is 0 Å². The summed E-state index contributed by atoms with van der Waals surface area (Å²) in [5, 5.41) is 0. The number of nitrogen functional groups attached to an aromatic ring is 1. The van der Waals surface area contributed by atoms with E-state index in [0.717, 1.165) is 11.6 Å². The minimum Gasteiger partial charge on any atom is -0.399 e. The molecule has 1 aliphatic carbocycles. The van der Waals surface area contributed by atoms with Gasteiger partial charge in [0.25, 0.3) is 0 Å². The first kappa shape index (κ1) is 11.5. The molecule has 0 aromatic heterocycles. The van der Waals surface area contributed by atoms with Gasteiger partial charge in [-0.2, -0.15) is 0 Å². The zero-order valence-corrected chi connectivity index (χ0v) is 10.1. The lowest BCUT2D eigenvalue weighted by molar-refractivity contribution is 0.324. The third kappa shape index (κ3) is 2.76. The second-order valence-corrected chi connectivity index (χ2v) is 5.17. The Labute approximate surface area is 98.0 Å². The van der Waals surface area contributed by atoms with E-state index < -0.39 is 0 Å². The molecule has 0 atom stereocenters. The molecule has 0 aliphatic heterocycles. The van der Waals surface area contributed by atoms with E-state index in [2.05, 4.69) is 19.1 Å². The first-order chi connectivity index (χ1) is 7.65. The third-order valence-electron chi connectivity index (χ3n) is 3.77. The molecule has 1 fully saturated rings. The number of rotatable bonds is 2. The van der Waals surface area contributed by atoms with Gasteiger partial charge in [-0.1, -0.05) is 6.07 Å². The maximum Gasteiger partial charge on any atom is 0.0316 e. The maximum absolute atomic E-state index is 5.92. The van der Waals surface area contributed by atoms with Gasteiger partial charge in [-0.05, 0) is 68.2 Å². The number of aryl methyl sites for hydroxylation is 1. The standard InChI is InChI=1S/C14H22N2/c1-10-8-14(16)7-4-12(10)9-11-2-5-13(15)6-3-11/h4,7-8,11,13H,2-3,5-6,9,15-16H2,1H3. The van der Waals surface area contributed by atoms with E-state index in [-0.39, 0.29) is 0 Å². The van der Waals surface area contributed by atoms with Gasteiger partial charge in [0.1, 0.15) is 0 Å². The zero-order chi connectivity index (χ0) is 11.5. The molecule has 2 rings (SSSR count). The second-order valence-electron chi connectivity index (χ2n) is 5.17. The summed E-state index contributed by atoms with van der Waals surface area (Å²) >= 11 is 0. The fraction of sp³-hybridized carbons (Fsp3) is 0.571. The summed E-state index contributed by atoms with van der Waals surface area (Å²) in [7, 11) is 0. The van der Waals surface area contributed by atoms with Crippen molar-refractivity contribution in [2.24, 2.45) is 11.7 Å². The van der Waals surface area contributed by atoms with Crippen LogP contribution in [-0.4, -0.2) is 6.04 Å². The normalized spacial score (nSPS) is 25.6. The van der Waals surface area contributed by atoms with Crippen molar-refractivity contribution in [3.05, 3.63) is 29.3 Å². The van der Waals surface area contributed by atoms with E-state index in [1.807, 2.05) is 6.07 Å². The van der Waals surface area contributed by atoms with Crippen molar-refractivity contribution in [3.8, 4) is 0 Å². The van der Waals surface area contributed by atoms with Crippen LogP contribution in [0.15, 0.2) is 18.2 Å². The van der Waals surface area contributed by atoms with Gasteiger partial charge < -0.3 is 11.5 Å². The van der Waals surface area contributed by atoms with Crippen LogP contribution in [0.25, 0.3) is 0 Å². The van der Waals surface area contributed by atoms with Gasteiger partial charge in [0, 0.05) is 11.7 Å². The van der Waals surface area contributed by atoms with Gasteiger partial charge in [-0.15, -0.1) is 0 Å². The Morgan fingerprint density at radius 1 is 1.19 bits per heavy atom. The van der Waals surface area contributed by atoms with Crippen LogP contribution in [-0.2, 0) is 6.42 Å². The van der Waals surface area contributed by atoms with E-state index in [0.29, 0.717) is 6.04 Å². The molecule has 1 aliphatic rings. The predicted octanol–water partition coefficient (Wildman–Crippen LogP) is 2.64. The second kappa shape index (κ2) is 4.88. The molecule has 0 saturated heterocycles. The van der Waals surface area contributed by atoms with Gasteiger partial charge in [0.15, 0.2) is 0 Å². The lowest BCUT2D eigenvalue weighted by atomic mass is 9.82. The first-order valence-electron chi connectivity index (χ1n) is 6.25. The molecule has 0 radical (unpaired) electrons. The molecule has 0 heterocycles. The quantitative estimate of drug-likeness (QED) is 0.750. The van der Waals surface area contributed by atoms with Crippen molar-refractivity contribution in [3.63, 3.8) is 0 Å². The van der Waals surface area contributed by atoms with Gasteiger partial charge in [0.2, 0.25) is 0 Å². The summed E-state index contributed by atoms with van der Waals surface area (Å²) in [6.45, 7) is 2.15. The highest BCUT2D eigenvalue weighted by Gasteiger charge is 2.19. The molecule has 1 aromatic carbocycles. The van der Waals surface area contributed by atoms with Crippen LogP contribution < -0.4 is 11.5 Å². The molecule has 0 spiro atoms. The van der Waals surface area contributed by atoms with Crippen LogP contribution in [0.3, 0.4) is 0 Å². The maximum atomic E-state index is 5.92. The molecular weight excluding hydrogens is 196 g/mol. The van der Waals surface area contributed by atoms with Crippen molar-refractivity contribution in [2.45, 2.75) is 45.1 Å². The number of benzene rings is 1. The van der Waals surface area contributed by atoms with Crippen LogP contribution in [0, 0.1) is 12.8 Å². The van der Waals surface area contributed by atoms with Gasteiger partial charge in [0.05, 0.1) is 0 Å². The zero-order valence-electron chi connectivity index (χ0n) is 10.1. The fourth-order valence-electron chi connectivity index (χ4n) is 2.65. The van der Waals surface area contributed by atoms with Gasteiger partial charge in [-0.3, -0.25) is 0 Å². The largest absolute Gasteiger partial charge is 0.399 e. The van der Waals surface area contributed by atoms with Crippen LogP contribution in [0.5, 0.6) is 0 Å². The summed E-state index contributed by atoms with van der Waals surface area (Å²) in [6.07, 6.45) is 6.15. The van der Waals surface area contributed by atoms with Gasteiger partial charge >= 0.3 is 0 Å². The van der Waals surface area contributed by atoms with Gasteiger partial charge in [-0.25, -0.2) is 0 Å². The highest BCUT2D eigenvalue weighted by molar-refractivity contribution is 5.44. The molecule has 0 amide bonds. The number of hydrogen-bond donors (Lipinski definition) is 2. The van der Waals surface area contributed by atoms with E-state index in [1.54, 1.807) is 0 Å². The van der Waals surface area contributed by atoms with Crippen molar-refractivity contribution in [1.29, 1.82) is 0 Å². The molecule has 2 nitrogen and oxygen atoms in total. The SMILES string of the molecule is Cc1cc(N)ccc1CC1CCC(N)CC1. The summed E-state index contributed by atoms with van der Waals surface area (Å²) in [4.78, 5) is 0. The van der Waals surface area contributed by atoms with Crippen molar-refractivity contribution in [2.75, 3.05) is 5.73 Å². The molecule has 88 valence electrons. The summed E-state index contributed by atoms with van der Waals surface area (Å²) in [5.74, 6) is 0.821. The molecular formula is C14H22N2. The lowest BCUT2D eigenvalue weighted by Crippen LogP contribution is -2.27. The number of hydrogen-bond acceptors (Lipinski definition) is 2. The van der Waals surface area contributed by atoms with Crippen LogP contribution in [0.1, 0.15) is 36.8 Å². The third-order valence-corrected chi connectivity index (χ3v) is 3.77. The average molecular weight is 218 g/mol. The Hall–Kier alpha value is -1.02. The van der Waals surface area contributed by atoms with Crippen molar-refractivity contribution < 1.29 is 0 Å². The monoisotopic (exact) mass is 218 g/mol. The van der Waals surface area contributed by atoms with E-state index in [4.69, 9.17) is 11.5 Å². The molecule has 16 heavy (non-hydrogen) atoms. The summed E-state index contributed by atoms with van der Waals surface area (Å²) in [6, 6.07) is 6.71. The molecule has 1 saturated carbocycles. The predicted molar refractivity (Wildman–Crippen MR) is 69.2 cm³/mol. The molecule has 1 aromatic rings. The summed E-state index contributed by atoms with van der Waals surface area (Å²) in [5.41, 5.74) is 15.3. The average Bonchev–Trinajstić information content (AvgIpc) is 2.25. The van der Waals surface area contributed by atoms with Crippen molar-refractivity contribution >= 4 is 5.69 Å². The molecule has 0 unspecified atom stereocenters. The summed E-state index contributed by atoms with van der Waals surface area (Å²) < 4.78 is 0. The minimum atomic E-state index is 0.448. The first-order valence-corrected chi connectivity index (χ1v) is 6.25. The van der Waals surface area contributed by atoms with Crippen LogP contribution in [0.2, 0.25) is 0 Å². The smallest absolute Gasteiger partial charge is 0.0316 e. The number of anilines is 1. The fourth-order valence-corrected chi connectivity index (χ4v) is 2.65. The van der Waals surface area contributed by atoms with Crippen molar-refractivity contribution in [1.82, 2.24) is 0 Å². The van der Waals surface area contributed by atoms with E-state index >= 15 is 0 Å². The Balaban J connectivity index is 1.98. The Kier molecular flexibility index (Phi) is 3.49. The highest BCUT2D eigenvalue weighted by Crippen LogP contribution is 2.27. The highest BCUT2D eigenvalue weighted by atomic mass is 14.6. The topological polar surface area (TPSA) is 52.0 Å².